The third kappa shape index (κ3) is 3.46. The molecule has 0 aliphatic carbocycles. The van der Waals surface area contributed by atoms with Gasteiger partial charge in [-0.25, -0.2) is 4.79 Å². The molecule has 3 N–H and O–H groups in total. The molecule has 19 heavy (non-hydrogen) atoms. The monoisotopic (exact) mass is 259 g/mol. The predicted octanol–water partition coefficient (Wildman–Crippen LogP) is 0.550. The summed E-state index contributed by atoms with van der Waals surface area (Å²) < 4.78 is 0. The molecule has 2 aromatic rings. The summed E-state index contributed by atoms with van der Waals surface area (Å²) in [5.41, 5.74) is 1.25. The van der Waals surface area contributed by atoms with Gasteiger partial charge in [0, 0.05) is 11.8 Å². The molecule has 0 spiro atoms. The standard InChI is InChI=1S/C11H9N5O3/c17-9(18)6-3-7-1-4-8(5-2-7)12-11(19)10-13-15-16-14-10/h1-6H,(H,12,19)(H,17,18)(H,13,14,15,16)/b6-3+. The minimum absolute atomic E-state index is 0.0603. The number of aliphatic carboxylic acids is 1. The molecule has 96 valence electrons. The number of carbonyl (C=O) groups excluding carboxylic acids is 1. The van der Waals surface area contributed by atoms with Crippen LogP contribution in [0.4, 0.5) is 5.69 Å². The number of anilines is 1. The van der Waals surface area contributed by atoms with Crippen LogP contribution in [0.15, 0.2) is 30.3 Å². The van der Waals surface area contributed by atoms with Gasteiger partial charge in [0.2, 0.25) is 0 Å². The Hall–Kier alpha value is -3.03. The van der Waals surface area contributed by atoms with E-state index in [2.05, 4.69) is 25.9 Å². The van der Waals surface area contributed by atoms with Crippen LogP contribution in [0, 0.1) is 0 Å². The number of tetrazole rings is 1. The van der Waals surface area contributed by atoms with Crippen molar-refractivity contribution in [2.45, 2.75) is 0 Å². The first-order valence-electron chi connectivity index (χ1n) is 5.21. The fourth-order valence-corrected chi connectivity index (χ4v) is 1.29. The lowest BCUT2D eigenvalue weighted by Crippen LogP contribution is -2.13. The molecular weight excluding hydrogens is 250 g/mol. The van der Waals surface area contributed by atoms with Crippen LogP contribution in [0.5, 0.6) is 0 Å². The molecule has 0 aliphatic heterocycles. The van der Waals surface area contributed by atoms with E-state index in [0.717, 1.165) is 6.08 Å². The van der Waals surface area contributed by atoms with Crippen molar-refractivity contribution in [3.63, 3.8) is 0 Å². The van der Waals surface area contributed by atoms with Gasteiger partial charge in [0.1, 0.15) is 0 Å². The number of carboxylic acid groups (broad SMARTS) is 1. The van der Waals surface area contributed by atoms with Gasteiger partial charge in [0.25, 0.3) is 11.7 Å². The maximum Gasteiger partial charge on any atom is 0.328 e. The van der Waals surface area contributed by atoms with Gasteiger partial charge in [-0.05, 0) is 29.0 Å². The molecule has 0 saturated carbocycles. The maximum absolute atomic E-state index is 11.6. The van der Waals surface area contributed by atoms with E-state index in [9.17, 15) is 9.59 Å². The van der Waals surface area contributed by atoms with Gasteiger partial charge in [-0.2, -0.15) is 5.21 Å². The number of amides is 1. The molecule has 8 heteroatoms. The Kier molecular flexibility index (Phi) is 3.62. The van der Waals surface area contributed by atoms with Crippen LogP contribution in [0.25, 0.3) is 6.08 Å². The average molecular weight is 259 g/mol. The van der Waals surface area contributed by atoms with Crippen molar-refractivity contribution in [2.24, 2.45) is 0 Å². The minimum atomic E-state index is -1.02. The second-order valence-electron chi connectivity index (χ2n) is 3.48. The first-order chi connectivity index (χ1) is 9.15. The normalized spacial score (nSPS) is 10.5. The summed E-state index contributed by atoms with van der Waals surface area (Å²) in [6.45, 7) is 0. The fourth-order valence-electron chi connectivity index (χ4n) is 1.29. The second-order valence-corrected chi connectivity index (χ2v) is 3.48. The molecule has 0 saturated heterocycles. The quantitative estimate of drug-likeness (QED) is 0.689. The second kappa shape index (κ2) is 5.54. The Bertz CT molecular complexity index is 604. The first-order valence-corrected chi connectivity index (χ1v) is 5.21. The number of hydrogen-bond acceptors (Lipinski definition) is 5. The van der Waals surface area contributed by atoms with Gasteiger partial charge in [-0.3, -0.25) is 4.79 Å². The smallest absolute Gasteiger partial charge is 0.328 e. The third-order valence-electron chi connectivity index (χ3n) is 2.14. The number of carboxylic acids is 1. The SMILES string of the molecule is O=C(O)/C=C/c1ccc(NC(=O)c2nn[nH]n2)cc1. The molecule has 8 nitrogen and oxygen atoms in total. The van der Waals surface area contributed by atoms with E-state index in [-0.39, 0.29) is 5.82 Å². The number of benzene rings is 1. The molecule has 0 unspecified atom stereocenters. The van der Waals surface area contributed by atoms with E-state index in [1.165, 1.54) is 6.08 Å². The Morgan fingerprint density at radius 3 is 2.58 bits per heavy atom. The number of carbonyl (C=O) groups is 2. The lowest BCUT2D eigenvalue weighted by molar-refractivity contribution is -0.131. The molecule has 2 rings (SSSR count). The zero-order valence-electron chi connectivity index (χ0n) is 9.57. The summed E-state index contributed by atoms with van der Waals surface area (Å²) in [6, 6.07) is 6.62. The van der Waals surface area contributed by atoms with Crippen LogP contribution in [0.1, 0.15) is 16.2 Å². The molecule has 1 aromatic heterocycles. The molecule has 0 atom stereocenters. The molecule has 1 heterocycles. The Balaban J connectivity index is 2.03. The molecule has 0 bridgehead atoms. The van der Waals surface area contributed by atoms with Crippen LogP contribution in [-0.4, -0.2) is 37.6 Å². The average Bonchev–Trinajstić information content (AvgIpc) is 2.92. The van der Waals surface area contributed by atoms with Gasteiger partial charge in [-0.1, -0.05) is 12.1 Å². The molecule has 0 fully saturated rings. The van der Waals surface area contributed by atoms with Gasteiger partial charge in [-0.15, -0.1) is 10.2 Å². The van der Waals surface area contributed by atoms with Crippen molar-refractivity contribution in [3.05, 3.63) is 41.7 Å². The maximum atomic E-state index is 11.6. The number of H-pyrrole nitrogens is 1. The summed E-state index contributed by atoms with van der Waals surface area (Å²) >= 11 is 0. The zero-order chi connectivity index (χ0) is 13.7. The zero-order valence-corrected chi connectivity index (χ0v) is 9.57. The molecule has 0 radical (unpaired) electrons. The summed E-state index contributed by atoms with van der Waals surface area (Å²) in [5, 5.41) is 23.6. The fraction of sp³-hybridized carbons (Fsp3) is 0. The number of hydrogen-bond donors (Lipinski definition) is 3. The van der Waals surface area contributed by atoms with E-state index in [1.807, 2.05) is 0 Å². The topological polar surface area (TPSA) is 121 Å². The lowest BCUT2D eigenvalue weighted by atomic mass is 10.2. The molecular formula is C11H9N5O3. The largest absolute Gasteiger partial charge is 0.478 e. The summed E-state index contributed by atoms with van der Waals surface area (Å²) in [6.07, 6.45) is 2.49. The Labute approximate surface area is 107 Å². The van der Waals surface area contributed by atoms with Crippen LogP contribution < -0.4 is 5.32 Å². The van der Waals surface area contributed by atoms with E-state index in [1.54, 1.807) is 24.3 Å². The summed E-state index contributed by atoms with van der Waals surface area (Å²) in [7, 11) is 0. The van der Waals surface area contributed by atoms with Gasteiger partial charge in [0.05, 0.1) is 0 Å². The first kappa shape index (κ1) is 12.4. The van der Waals surface area contributed by atoms with Gasteiger partial charge >= 0.3 is 5.97 Å². The van der Waals surface area contributed by atoms with Gasteiger partial charge < -0.3 is 10.4 Å². The van der Waals surface area contributed by atoms with Crippen LogP contribution in [0.3, 0.4) is 0 Å². The highest BCUT2D eigenvalue weighted by molar-refractivity contribution is 6.01. The van der Waals surface area contributed by atoms with Crippen molar-refractivity contribution in [3.8, 4) is 0 Å². The number of nitrogens with zero attached hydrogens (tertiary/aromatic N) is 3. The molecule has 1 aromatic carbocycles. The number of nitrogens with one attached hydrogen (secondary N) is 2. The molecule has 0 aliphatic rings. The number of rotatable bonds is 4. The van der Waals surface area contributed by atoms with Crippen LogP contribution in [0.2, 0.25) is 0 Å². The highest BCUT2D eigenvalue weighted by atomic mass is 16.4. The van der Waals surface area contributed by atoms with Crippen LogP contribution >= 0.6 is 0 Å². The summed E-state index contributed by atoms with van der Waals surface area (Å²) in [4.78, 5) is 21.9. The van der Waals surface area contributed by atoms with Crippen molar-refractivity contribution in [1.29, 1.82) is 0 Å². The lowest BCUT2D eigenvalue weighted by Gasteiger charge is -2.02. The van der Waals surface area contributed by atoms with E-state index in [0.29, 0.717) is 11.3 Å². The van der Waals surface area contributed by atoms with E-state index < -0.39 is 11.9 Å². The number of aromatic amines is 1. The van der Waals surface area contributed by atoms with Crippen molar-refractivity contribution >= 4 is 23.6 Å². The van der Waals surface area contributed by atoms with E-state index >= 15 is 0 Å². The number of aromatic nitrogens is 4. The van der Waals surface area contributed by atoms with Crippen molar-refractivity contribution in [1.82, 2.24) is 20.6 Å². The predicted molar refractivity (Wildman–Crippen MR) is 65.2 cm³/mol. The van der Waals surface area contributed by atoms with Crippen molar-refractivity contribution in [2.75, 3.05) is 5.32 Å². The van der Waals surface area contributed by atoms with E-state index in [4.69, 9.17) is 5.11 Å². The Morgan fingerprint density at radius 1 is 1.26 bits per heavy atom. The third-order valence-corrected chi connectivity index (χ3v) is 2.14. The van der Waals surface area contributed by atoms with Crippen LogP contribution in [-0.2, 0) is 4.79 Å². The van der Waals surface area contributed by atoms with Gasteiger partial charge in [0.15, 0.2) is 0 Å². The highest BCUT2D eigenvalue weighted by Gasteiger charge is 2.10. The highest BCUT2D eigenvalue weighted by Crippen LogP contribution is 2.11. The summed E-state index contributed by atoms with van der Waals surface area (Å²) in [5.74, 6) is -1.56. The Morgan fingerprint density at radius 2 is 2.00 bits per heavy atom. The van der Waals surface area contributed by atoms with Crippen molar-refractivity contribution < 1.29 is 14.7 Å². The minimum Gasteiger partial charge on any atom is -0.478 e. The molecule has 1 amide bonds.